The fourth-order valence-corrected chi connectivity index (χ4v) is 0.492. The quantitative estimate of drug-likeness (QED) is 0.463. The Morgan fingerprint density at radius 1 is 0.900 bits per heavy atom. The summed E-state index contributed by atoms with van der Waals surface area (Å²) in [6, 6.07) is 0. The number of carbonyl (C=O) groups is 2. The van der Waals surface area contributed by atoms with E-state index in [1.807, 2.05) is 0 Å². The molecular weight excluding hydrogens is 132 g/mol. The van der Waals surface area contributed by atoms with Crippen molar-refractivity contribution in [2.45, 2.75) is 0 Å². The first-order chi connectivity index (χ1) is 4.79. The third-order valence-corrected chi connectivity index (χ3v) is 0.915. The van der Waals surface area contributed by atoms with Crippen LogP contribution < -0.4 is 10.9 Å². The van der Waals surface area contributed by atoms with Crippen molar-refractivity contribution in [3.63, 3.8) is 0 Å². The van der Waals surface area contributed by atoms with E-state index in [1.54, 1.807) is 0 Å². The monoisotopic (exact) mass is 138 g/mol. The van der Waals surface area contributed by atoms with Crippen LogP contribution in [0.1, 0.15) is 0 Å². The molecule has 52 valence electrons. The van der Waals surface area contributed by atoms with Gasteiger partial charge in [-0.25, -0.2) is 0 Å². The second-order valence-electron chi connectivity index (χ2n) is 1.70. The van der Waals surface area contributed by atoms with Crippen LogP contribution in [0.4, 0.5) is 0 Å². The van der Waals surface area contributed by atoms with Crippen molar-refractivity contribution in [1.82, 2.24) is 10.9 Å². The van der Waals surface area contributed by atoms with Crippen LogP contribution in [0, 0.1) is 0 Å². The molecule has 4 nitrogen and oxygen atoms in total. The minimum atomic E-state index is -0.335. The van der Waals surface area contributed by atoms with Crippen LogP contribution in [-0.2, 0) is 9.59 Å². The molecular formula is C6H6N2O2. The van der Waals surface area contributed by atoms with Crippen LogP contribution in [0.25, 0.3) is 0 Å². The SMILES string of the molecule is O=C1C=CC=CC(=O)NN1. The number of allylic oxidation sites excluding steroid dienone is 2. The van der Waals surface area contributed by atoms with Gasteiger partial charge in [-0.05, 0) is 0 Å². The number of rotatable bonds is 0. The highest BCUT2D eigenvalue weighted by Crippen LogP contribution is 1.80. The molecule has 1 aliphatic rings. The highest BCUT2D eigenvalue weighted by molar-refractivity contribution is 5.94. The first-order valence-electron chi connectivity index (χ1n) is 2.74. The molecule has 0 saturated carbocycles. The van der Waals surface area contributed by atoms with Gasteiger partial charge in [0.15, 0.2) is 0 Å². The van der Waals surface area contributed by atoms with Crippen molar-refractivity contribution in [2.24, 2.45) is 0 Å². The first kappa shape index (κ1) is 6.54. The molecule has 0 spiro atoms. The van der Waals surface area contributed by atoms with E-state index < -0.39 is 0 Å². The Balaban J connectivity index is 2.70. The standard InChI is InChI=1S/C6H6N2O2/c9-5-3-1-2-4-6(10)8-7-5/h1-4H,(H,7,9)(H,8,10). The predicted octanol–water partition coefficient (Wildman–Crippen LogP) is -0.740. The summed E-state index contributed by atoms with van der Waals surface area (Å²) in [5.74, 6) is -0.671. The lowest BCUT2D eigenvalue weighted by Crippen LogP contribution is -2.40. The Bertz CT molecular complexity index is 194. The molecule has 0 radical (unpaired) electrons. The largest absolute Gasteiger partial charge is 0.268 e. The number of hydrogen-bond donors (Lipinski definition) is 2. The van der Waals surface area contributed by atoms with Crippen LogP contribution in [0.3, 0.4) is 0 Å². The van der Waals surface area contributed by atoms with Gasteiger partial charge in [-0.3, -0.25) is 20.4 Å². The lowest BCUT2D eigenvalue weighted by atomic mass is 10.4. The summed E-state index contributed by atoms with van der Waals surface area (Å²) < 4.78 is 0. The summed E-state index contributed by atoms with van der Waals surface area (Å²) in [7, 11) is 0. The zero-order chi connectivity index (χ0) is 7.40. The molecule has 0 aliphatic carbocycles. The lowest BCUT2D eigenvalue weighted by molar-refractivity contribution is -0.123. The zero-order valence-corrected chi connectivity index (χ0v) is 5.13. The van der Waals surface area contributed by atoms with Crippen molar-refractivity contribution < 1.29 is 9.59 Å². The van der Waals surface area contributed by atoms with Gasteiger partial charge in [0.05, 0.1) is 0 Å². The predicted molar refractivity (Wildman–Crippen MR) is 34.6 cm³/mol. The molecule has 0 atom stereocenters. The molecule has 2 N–H and O–H groups in total. The maximum absolute atomic E-state index is 10.5. The van der Waals surface area contributed by atoms with E-state index in [0.717, 1.165) is 0 Å². The van der Waals surface area contributed by atoms with Crippen LogP contribution in [0.15, 0.2) is 24.3 Å². The van der Waals surface area contributed by atoms with E-state index in [0.29, 0.717) is 0 Å². The van der Waals surface area contributed by atoms with E-state index in [2.05, 4.69) is 10.9 Å². The average molecular weight is 138 g/mol. The molecule has 0 aromatic carbocycles. The number of nitrogens with one attached hydrogen (secondary N) is 2. The molecule has 0 saturated heterocycles. The third-order valence-electron chi connectivity index (χ3n) is 0.915. The average Bonchev–Trinajstić information content (AvgIpc) is 1.90. The highest BCUT2D eigenvalue weighted by atomic mass is 16.2. The van der Waals surface area contributed by atoms with Crippen LogP contribution >= 0.6 is 0 Å². The van der Waals surface area contributed by atoms with Crippen LogP contribution in [-0.4, -0.2) is 11.8 Å². The van der Waals surface area contributed by atoms with Crippen molar-refractivity contribution >= 4 is 11.8 Å². The molecule has 0 fully saturated rings. The van der Waals surface area contributed by atoms with E-state index >= 15 is 0 Å². The topological polar surface area (TPSA) is 58.2 Å². The highest BCUT2D eigenvalue weighted by Gasteiger charge is 1.98. The number of hydrazine groups is 1. The summed E-state index contributed by atoms with van der Waals surface area (Å²) in [6.45, 7) is 0. The van der Waals surface area contributed by atoms with Gasteiger partial charge in [-0.15, -0.1) is 0 Å². The van der Waals surface area contributed by atoms with Gasteiger partial charge < -0.3 is 0 Å². The first-order valence-corrected chi connectivity index (χ1v) is 2.74. The Morgan fingerprint density at radius 2 is 1.30 bits per heavy atom. The smallest absolute Gasteiger partial charge is 0.262 e. The molecule has 1 heterocycles. The normalized spacial score (nSPS) is 17.2. The molecule has 1 rings (SSSR count). The number of carbonyl (C=O) groups excluding carboxylic acids is 2. The Hall–Kier alpha value is -1.58. The van der Waals surface area contributed by atoms with Gasteiger partial charge in [0.25, 0.3) is 11.8 Å². The van der Waals surface area contributed by atoms with Gasteiger partial charge in [0.2, 0.25) is 0 Å². The molecule has 4 heteroatoms. The molecule has 0 aromatic heterocycles. The summed E-state index contributed by atoms with van der Waals surface area (Å²) in [5, 5.41) is 0. The van der Waals surface area contributed by atoms with Gasteiger partial charge in [-0.1, -0.05) is 12.2 Å². The van der Waals surface area contributed by atoms with Gasteiger partial charge in [0, 0.05) is 12.2 Å². The van der Waals surface area contributed by atoms with Crippen LogP contribution in [0.2, 0.25) is 0 Å². The van der Waals surface area contributed by atoms with Gasteiger partial charge in [0.1, 0.15) is 0 Å². The molecule has 10 heavy (non-hydrogen) atoms. The minimum absolute atomic E-state index is 0.335. The fourth-order valence-electron chi connectivity index (χ4n) is 0.492. The van der Waals surface area contributed by atoms with Crippen molar-refractivity contribution in [1.29, 1.82) is 0 Å². The third kappa shape index (κ3) is 1.74. The van der Waals surface area contributed by atoms with Crippen molar-refractivity contribution in [3.05, 3.63) is 24.3 Å². The zero-order valence-electron chi connectivity index (χ0n) is 5.13. The molecule has 0 aromatic rings. The second kappa shape index (κ2) is 2.82. The van der Waals surface area contributed by atoms with Crippen molar-refractivity contribution in [3.8, 4) is 0 Å². The minimum Gasteiger partial charge on any atom is -0.268 e. The summed E-state index contributed by atoms with van der Waals surface area (Å²) in [5.41, 5.74) is 4.32. The molecule has 2 amide bonds. The number of hydrogen-bond acceptors (Lipinski definition) is 2. The van der Waals surface area contributed by atoms with Gasteiger partial charge in [-0.2, -0.15) is 0 Å². The summed E-state index contributed by atoms with van der Waals surface area (Å²) >= 11 is 0. The Morgan fingerprint density at radius 3 is 1.70 bits per heavy atom. The van der Waals surface area contributed by atoms with E-state index in [4.69, 9.17) is 0 Å². The Labute approximate surface area is 57.6 Å². The Kier molecular flexibility index (Phi) is 1.84. The van der Waals surface area contributed by atoms with Crippen molar-refractivity contribution in [2.75, 3.05) is 0 Å². The van der Waals surface area contributed by atoms with Gasteiger partial charge >= 0.3 is 0 Å². The number of amides is 2. The molecule has 0 bridgehead atoms. The summed E-state index contributed by atoms with van der Waals surface area (Å²) in [4.78, 5) is 21.1. The summed E-state index contributed by atoms with van der Waals surface area (Å²) in [6.07, 6.45) is 5.62. The second-order valence-corrected chi connectivity index (χ2v) is 1.70. The van der Waals surface area contributed by atoms with E-state index in [9.17, 15) is 9.59 Å². The maximum atomic E-state index is 10.5. The molecule has 1 aliphatic heterocycles. The molecule has 0 unspecified atom stereocenters. The van der Waals surface area contributed by atoms with E-state index in [1.165, 1.54) is 24.3 Å². The van der Waals surface area contributed by atoms with Crippen LogP contribution in [0.5, 0.6) is 0 Å². The lowest BCUT2D eigenvalue weighted by Gasteiger charge is -2.02. The fraction of sp³-hybridized carbons (Fsp3) is 0. The maximum Gasteiger partial charge on any atom is 0.262 e. The van der Waals surface area contributed by atoms with E-state index in [-0.39, 0.29) is 11.8 Å².